The summed E-state index contributed by atoms with van der Waals surface area (Å²) < 4.78 is 0. The van der Waals surface area contributed by atoms with E-state index in [1.165, 1.54) is 5.56 Å². The molecule has 4 heteroatoms. The molecule has 0 aliphatic rings. The molecule has 0 saturated carbocycles. The number of carbonyl (C=O) groups is 1. The lowest BCUT2D eigenvalue weighted by atomic mass is 10.1. The first-order chi connectivity index (χ1) is 9.60. The van der Waals surface area contributed by atoms with Gasteiger partial charge >= 0.3 is 0 Å². The smallest absolute Gasteiger partial charge is 0.253 e. The van der Waals surface area contributed by atoms with Crippen molar-refractivity contribution in [2.24, 2.45) is 5.84 Å². The number of nitrogens with one attached hydrogen (secondary N) is 2. The van der Waals surface area contributed by atoms with Crippen LogP contribution in [0.2, 0.25) is 0 Å². The molecule has 2 aromatic carbocycles. The van der Waals surface area contributed by atoms with E-state index in [-0.39, 0.29) is 5.91 Å². The molecule has 0 fully saturated rings. The zero-order valence-corrected chi connectivity index (χ0v) is 11.7. The van der Waals surface area contributed by atoms with Crippen molar-refractivity contribution in [2.45, 2.75) is 20.4 Å². The van der Waals surface area contributed by atoms with Gasteiger partial charge in [0, 0.05) is 6.54 Å². The summed E-state index contributed by atoms with van der Waals surface area (Å²) in [5.41, 5.74) is 7.05. The Morgan fingerprint density at radius 3 is 2.55 bits per heavy atom. The van der Waals surface area contributed by atoms with Crippen molar-refractivity contribution in [1.29, 1.82) is 0 Å². The Morgan fingerprint density at radius 2 is 1.85 bits per heavy atom. The van der Waals surface area contributed by atoms with Gasteiger partial charge in [0.05, 0.1) is 11.3 Å². The Morgan fingerprint density at radius 1 is 1.10 bits per heavy atom. The van der Waals surface area contributed by atoms with Gasteiger partial charge in [0.15, 0.2) is 0 Å². The lowest BCUT2D eigenvalue weighted by Gasteiger charge is -2.11. The van der Waals surface area contributed by atoms with Crippen LogP contribution in [-0.4, -0.2) is 5.91 Å². The third-order valence-electron chi connectivity index (χ3n) is 3.11. The molecule has 2 aromatic rings. The summed E-state index contributed by atoms with van der Waals surface area (Å²) in [4.78, 5) is 12.2. The van der Waals surface area contributed by atoms with Gasteiger partial charge in [-0.3, -0.25) is 10.6 Å². The fourth-order valence-corrected chi connectivity index (χ4v) is 2.08. The summed E-state index contributed by atoms with van der Waals surface area (Å²) in [5, 5.41) is 2.90. The maximum atomic E-state index is 12.2. The highest BCUT2D eigenvalue weighted by molar-refractivity contribution is 5.99. The number of hydrazine groups is 1. The standard InChI is InChI=1S/C16H19N3O/c1-11-4-3-5-13(8-11)10-18-16(20)14-7-6-12(2)9-15(14)19-17/h3-9,19H,10,17H2,1-2H3,(H,18,20). The van der Waals surface area contributed by atoms with E-state index in [1.807, 2.05) is 44.2 Å². The molecule has 0 bridgehead atoms. The zero-order valence-electron chi connectivity index (χ0n) is 11.7. The van der Waals surface area contributed by atoms with Crippen molar-refractivity contribution in [1.82, 2.24) is 5.32 Å². The number of hydrogen-bond acceptors (Lipinski definition) is 3. The van der Waals surface area contributed by atoms with Crippen LogP contribution in [0.3, 0.4) is 0 Å². The van der Waals surface area contributed by atoms with Crippen LogP contribution < -0.4 is 16.6 Å². The molecule has 0 unspecified atom stereocenters. The normalized spacial score (nSPS) is 10.2. The Bertz CT molecular complexity index is 623. The number of nitrogens with two attached hydrogens (primary N) is 1. The minimum atomic E-state index is -0.139. The molecule has 0 aliphatic heterocycles. The molecular weight excluding hydrogens is 250 g/mol. The van der Waals surface area contributed by atoms with Crippen molar-refractivity contribution < 1.29 is 4.79 Å². The summed E-state index contributed by atoms with van der Waals surface area (Å²) in [6, 6.07) is 13.6. The highest BCUT2D eigenvalue weighted by Crippen LogP contribution is 2.16. The Labute approximate surface area is 119 Å². The average molecular weight is 269 g/mol. The van der Waals surface area contributed by atoms with Gasteiger partial charge < -0.3 is 10.7 Å². The summed E-state index contributed by atoms with van der Waals surface area (Å²) in [5.74, 6) is 5.32. The molecule has 0 aromatic heterocycles. The van der Waals surface area contributed by atoms with E-state index in [0.717, 1.165) is 11.1 Å². The molecule has 4 N–H and O–H groups in total. The molecule has 0 heterocycles. The molecule has 0 saturated heterocycles. The summed E-state index contributed by atoms with van der Waals surface area (Å²) in [6.45, 7) is 4.48. The first-order valence-electron chi connectivity index (χ1n) is 6.51. The van der Waals surface area contributed by atoms with Crippen molar-refractivity contribution >= 4 is 11.6 Å². The Hall–Kier alpha value is -2.33. The predicted molar refractivity (Wildman–Crippen MR) is 81.3 cm³/mol. The summed E-state index contributed by atoms with van der Waals surface area (Å²) >= 11 is 0. The van der Waals surface area contributed by atoms with Crippen LogP contribution in [0.5, 0.6) is 0 Å². The maximum Gasteiger partial charge on any atom is 0.253 e. The highest BCUT2D eigenvalue weighted by Gasteiger charge is 2.10. The van der Waals surface area contributed by atoms with E-state index < -0.39 is 0 Å². The lowest BCUT2D eigenvalue weighted by molar-refractivity contribution is 0.0951. The van der Waals surface area contributed by atoms with Crippen LogP contribution in [0.25, 0.3) is 0 Å². The first-order valence-corrected chi connectivity index (χ1v) is 6.51. The van der Waals surface area contributed by atoms with Crippen LogP contribution in [0, 0.1) is 13.8 Å². The fraction of sp³-hybridized carbons (Fsp3) is 0.188. The van der Waals surface area contributed by atoms with Crippen molar-refractivity contribution in [3.63, 3.8) is 0 Å². The van der Waals surface area contributed by atoms with E-state index in [0.29, 0.717) is 17.8 Å². The molecule has 104 valence electrons. The third kappa shape index (κ3) is 3.36. The molecular formula is C16H19N3O. The average Bonchev–Trinajstić information content (AvgIpc) is 2.44. The number of anilines is 1. The number of hydrogen-bond donors (Lipinski definition) is 3. The topological polar surface area (TPSA) is 67.2 Å². The van der Waals surface area contributed by atoms with Gasteiger partial charge in [-0.1, -0.05) is 35.9 Å². The molecule has 0 atom stereocenters. The second-order valence-corrected chi connectivity index (χ2v) is 4.87. The van der Waals surface area contributed by atoms with E-state index in [4.69, 9.17) is 5.84 Å². The molecule has 0 radical (unpaired) electrons. The first kappa shape index (κ1) is 14.1. The summed E-state index contributed by atoms with van der Waals surface area (Å²) in [6.07, 6.45) is 0. The monoisotopic (exact) mass is 269 g/mol. The zero-order chi connectivity index (χ0) is 14.5. The van der Waals surface area contributed by atoms with Crippen molar-refractivity contribution in [2.75, 3.05) is 5.43 Å². The van der Waals surface area contributed by atoms with Gasteiger partial charge in [0.2, 0.25) is 0 Å². The van der Waals surface area contributed by atoms with Crippen molar-refractivity contribution in [3.8, 4) is 0 Å². The molecule has 1 amide bonds. The second-order valence-electron chi connectivity index (χ2n) is 4.87. The van der Waals surface area contributed by atoms with E-state index in [2.05, 4.69) is 16.8 Å². The van der Waals surface area contributed by atoms with Gasteiger partial charge in [0.25, 0.3) is 5.91 Å². The van der Waals surface area contributed by atoms with Gasteiger partial charge in [-0.2, -0.15) is 0 Å². The molecule has 0 spiro atoms. The molecule has 0 aliphatic carbocycles. The Balaban J connectivity index is 2.09. The minimum absolute atomic E-state index is 0.139. The predicted octanol–water partition coefficient (Wildman–Crippen LogP) is 2.52. The molecule has 20 heavy (non-hydrogen) atoms. The number of carbonyl (C=O) groups excluding carboxylic acids is 1. The van der Waals surface area contributed by atoms with Crippen LogP contribution in [0.15, 0.2) is 42.5 Å². The fourth-order valence-electron chi connectivity index (χ4n) is 2.08. The Kier molecular flexibility index (Phi) is 4.38. The highest BCUT2D eigenvalue weighted by atomic mass is 16.1. The number of rotatable bonds is 4. The van der Waals surface area contributed by atoms with Gasteiger partial charge in [-0.25, -0.2) is 0 Å². The summed E-state index contributed by atoms with van der Waals surface area (Å²) in [7, 11) is 0. The SMILES string of the molecule is Cc1cccc(CNC(=O)c2ccc(C)cc2NN)c1. The van der Waals surface area contributed by atoms with E-state index in [9.17, 15) is 4.79 Å². The third-order valence-corrected chi connectivity index (χ3v) is 3.11. The second kappa shape index (κ2) is 6.21. The van der Waals surface area contributed by atoms with Crippen molar-refractivity contribution in [3.05, 3.63) is 64.7 Å². The van der Waals surface area contributed by atoms with E-state index >= 15 is 0 Å². The molecule has 2 rings (SSSR count). The van der Waals surface area contributed by atoms with Gasteiger partial charge in [0.1, 0.15) is 0 Å². The minimum Gasteiger partial charge on any atom is -0.348 e. The molecule has 4 nitrogen and oxygen atoms in total. The number of benzene rings is 2. The maximum absolute atomic E-state index is 12.2. The van der Waals surface area contributed by atoms with Gasteiger partial charge in [-0.05, 0) is 37.1 Å². The van der Waals surface area contributed by atoms with Gasteiger partial charge in [-0.15, -0.1) is 0 Å². The number of aryl methyl sites for hydroxylation is 2. The van der Waals surface area contributed by atoms with Crippen LogP contribution in [0.4, 0.5) is 5.69 Å². The van der Waals surface area contributed by atoms with Crippen LogP contribution in [-0.2, 0) is 6.54 Å². The van der Waals surface area contributed by atoms with E-state index in [1.54, 1.807) is 6.07 Å². The number of nitrogen functional groups attached to an aromatic ring is 1. The lowest BCUT2D eigenvalue weighted by Crippen LogP contribution is -2.24. The largest absolute Gasteiger partial charge is 0.348 e. The number of amides is 1. The quantitative estimate of drug-likeness (QED) is 0.590. The van der Waals surface area contributed by atoms with Crippen LogP contribution >= 0.6 is 0 Å². The van der Waals surface area contributed by atoms with Crippen LogP contribution in [0.1, 0.15) is 27.0 Å².